The van der Waals surface area contributed by atoms with Crippen LogP contribution in [0.15, 0.2) is 42.5 Å². The first-order chi connectivity index (χ1) is 11.0. The number of ether oxygens (including phenoxy) is 1. The summed E-state index contributed by atoms with van der Waals surface area (Å²) < 4.78 is 20.7. The molecule has 0 fully saturated rings. The van der Waals surface area contributed by atoms with Gasteiger partial charge in [-0.15, -0.1) is 0 Å². The average molecular weight is 311 g/mol. The molecular weight excluding hydrogens is 293 g/mol. The Hall–Kier alpha value is -2.62. The Morgan fingerprint density at radius 3 is 2.52 bits per heavy atom. The lowest BCUT2D eigenvalue weighted by atomic mass is 10.0. The van der Waals surface area contributed by atoms with E-state index >= 15 is 0 Å². The summed E-state index contributed by atoms with van der Waals surface area (Å²) in [6.45, 7) is 4.13. The van der Waals surface area contributed by atoms with Crippen LogP contribution in [-0.2, 0) is 11.8 Å². The molecule has 3 rings (SSSR count). The lowest BCUT2D eigenvalue weighted by Crippen LogP contribution is -2.04. The van der Waals surface area contributed by atoms with Crippen LogP contribution in [0.4, 0.5) is 4.39 Å². The molecule has 4 heteroatoms. The van der Waals surface area contributed by atoms with Gasteiger partial charge in [-0.3, -0.25) is 0 Å². The van der Waals surface area contributed by atoms with Crippen molar-refractivity contribution in [2.75, 3.05) is 6.61 Å². The zero-order valence-electron chi connectivity index (χ0n) is 13.4. The number of fused-ring (bicyclic) bond motifs is 1. The van der Waals surface area contributed by atoms with Gasteiger partial charge >= 0.3 is 5.97 Å². The van der Waals surface area contributed by atoms with Crippen LogP contribution in [0.2, 0.25) is 0 Å². The van der Waals surface area contributed by atoms with Crippen LogP contribution in [0.3, 0.4) is 0 Å². The Balaban J connectivity index is 2.12. The second-order valence-electron chi connectivity index (χ2n) is 5.48. The molecule has 0 spiro atoms. The number of hydrogen-bond donors (Lipinski definition) is 0. The number of benzene rings is 2. The molecule has 2 aromatic carbocycles. The monoisotopic (exact) mass is 311 g/mol. The Kier molecular flexibility index (Phi) is 3.90. The second kappa shape index (κ2) is 5.88. The van der Waals surface area contributed by atoms with Crippen molar-refractivity contribution in [2.24, 2.45) is 7.05 Å². The van der Waals surface area contributed by atoms with E-state index in [-0.39, 0.29) is 11.8 Å². The fourth-order valence-electron chi connectivity index (χ4n) is 2.90. The minimum absolute atomic E-state index is 0.257. The van der Waals surface area contributed by atoms with E-state index in [1.165, 1.54) is 6.07 Å². The fourth-order valence-corrected chi connectivity index (χ4v) is 2.90. The normalized spacial score (nSPS) is 11.0. The van der Waals surface area contributed by atoms with Crippen molar-refractivity contribution in [3.05, 3.63) is 59.5 Å². The third kappa shape index (κ3) is 2.61. The lowest BCUT2D eigenvalue weighted by molar-refractivity contribution is 0.0526. The van der Waals surface area contributed by atoms with E-state index in [1.807, 2.05) is 30.7 Å². The minimum Gasteiger partial charge on any atom is -0.462 e. The smallest absolute Gasteiger partial charge is 0.338 e. The van der Waals surface area contributed by atoms with Gasteiger partial charge in [0, 0.05) is 29.2 Å². The van der Waals surface area contributed by atoms with Crippen molar-refractivity contribution in [3.8, 4) is 11.1 Å². The summed E-state index contributed by atoms with van der Waals surface area (Å²) in [7, 11) is 1.96. The highest BCUT2D eigenvalue weighted by Gasteiger charge is 2.15. The molecule has 0 radical (unpaired) electrons. The SMILES string of the molecule is CCOC(=O)c1ccc(-c2c(C)n(C)c3ccc(F)cc23)cc1. The summed E-state index contributed by atoms with van der Waals surface area (Å²) in [5, 5.41) is 0.869. The third-order valence-corrected chi connectivity index (χ3v) is 4.14. The number of aryl methyl sites for hydroxylation is 1. The average Bonchev–Trinajstić information content (AvgIpc) is 2.79. The van der Waals surface area contributed by atoms with Crippen LogP contribution in [0, 0.1) is 12.7 Å². The zero-order chi connectivity index (χ0) is 16.6. The molecule has 0 atom stereocenters. The molecule has 0 amide bonds. The second-order valence-corrected chi connectivity index (χ2v) is 5.48. The van der Waals surface area contributed by atoms with Gasteiger partial charge < -0.3 is 9.30 Å². The number of rotatable bonds is 3. The van der Waals surface area contributed by atoms with Crippen LogP contribution in [0.5, 0.6) is 0 Å². The van der Waals surface area contributed by atoms with Crippen molar-refractivity contribution in [1.82, 2.24) is 4.57 Å². The largest absolute Gasteiger partial charge is 0.462 e. The van der Waals surface area contributed by atoms with E-state index in [0.29, 0.717) is 12.2 Å². The van der Waals surface area contributed by atoms with E-state index in [1.54, 1.807) is 31.2 Å². The quantitative estimate of drug-likeness (QED) is 0.668. The van der Waals surface area contributed by atoms with Gasteiger partial charge in [-0.05, 0) is 49.7 Å². The highest BCUT2D eigenvalue weighted by atomic mass is 19.1. The van der Waals surface area contributed by atoms with E-state index in [2.05, 4.69) is 0 Å². The van der Waals surface area contributed by atoms with Gasteiger partial charge in [-0.2, -0.15) is 0 Å². The topological polar surface area (TPSA) is 31.2 Å². The summed E-state index contributed by atoms with van der Waals surface area (Å²) in [5.74, 6) is -0.591. The van der Waals surface area contributed by atoms with Crippen LogP contribution in [0.1, 0.15) is 23.0 Å². The van der Waals surface area contributed by atoms with E-state index in [0.717, 1.165) is 27.7 Å². The molecule has 0 N–H and O–H groups in total. The van der Waals surface area contributed by atoms with E-state index < -0.39 is 0 Å². The highest BCUT2D eigenvalue weighted by molar-refractivity contribution is 5.98. The van der Waals surface area contributed by atoms with E-state index in [9.17, 15) is 9.18 Å². The van der Waals surface area contributed by atoms with Crippen LogP contribution < -0.4 is 0 Å². The maximum Gasteiger partial charge on any atom is 0.338 e. The van der Waals surface area contributed by atoms with Gasteiger partial charge in [-0.1, -0.05) is 12.1 Å². The number of aromatic nitrogens is 1. The number of hydrogen-bond acceptors (Lipinski definition) is 2. The molecule has 0 aliphatic rings. The Labute approximate surface area is 134 Å². The van der Waals surface area contributed by atoms with Crippen molar-refractivity contribution in [1.29, 1.82) is 0 Å². The molecule has 0 aliphatic carbocycles. The summed E-state index contributed by atoms with van der Waals surface area (Å²) >= 11 is 0. The number of esters is 1. The molecule has 0 saturated heterocycles. The standard InChI is InChI=1S/C19H18FNO2/c1-4-23-19(22)14-7-5-13(6-8-14)18-12(2)21(3)17-10-9-15(20)11-16(17)18/h5-11H,4H2,1-3H3. The molecule has 1 aromatic heterocycles. The predicted octanol–water partition coefficient (Wildman–Crippen LogP) is 4.47. The molecule has 3 aromatic rings. The summed E-state index contributed by atoms with van der Waals surface area (Å²) in [5.41, 5.74) is 4.48. The summed E-state index contributed by atoms with van der Waals surface area (Å²) in [4.78, 5) is 11.7. The van der Waals surface area contributed by atoms with Crippen LogP contribution in [0.25, 0.3) is 22.0 Å². The lowest BCUT2D eigenvalue weighted by Gasteiger charge is -2.05. The van der Waals surface area contributed by atoms with Crippen molar-refractivity contribution < 1.29 is 13.9 Å². The van der Waals surface area contributed by atoms with Crippen molar-refractivity contribution in [3.63, 3.8) is 0 Å². The molecule has 0 saturated carbocycles. The molecular formula is C19H18FNO2. The molecule has 1 heterocycles. The molecule has 0 aliphatic heterocycles. The van der Waals surface area contributed by atoms with Gasteiger partial charge in [0.05, 0.1) is 12.2 Å². The molecule has 0 bridgehead atoms. The Bertz CT molecular complexity index is 879. The maximum absolute atomic E-state index is 13.7. The summed E-state index contributed by atoms with van der Waals surface area (Å²) in [6.07, 6.45) is 0. The Morgan fingerprint density at radius 2 is 1.87 bits per heavy atom. The van der Waals surface area contributed by atoms with Gasteiger partial charge in [0.1, 0.15) is 5.82 Å². The van der Waals surface area contributed by atoms with Crippen LogP contribution in [-0.4, -0.2) is 17.1 Å². The number of carbonyl (C=O) groups excluding carboxylic acids is 1. The van der Waals surface area contributed by atoms with Crippen LogP contribution >= 0.6 is 0 Å². The van der Waals surface area contributed by atoms with Gasteiger partial charge in [0.25, 0.3) is 0 Å². The fraction of sp³-hybridized carbons (Fsp3) is 0.211. The molecule has 23 heavy (non-hydrogen) atoms. The zero-order valence-corrected chi connectivity index (χ0v) is 13.4. The molecule has 0 unspecified atom stereocenters. The number of carbonyl (C=O) groups is 1. The van der Waals surface area contributed by atoms with Gasteiger partial charge in [-0.25, -0.2) is 9.18 Å². The number of nitrogens with zero attached hydrogens (tertiary/aromatic N) is 1. The molecule has 3 nitrogen and oxygen atoms in total. The number of halogens is 1. The van der Waals surface area contributed by atoms with Crippen molar-refractivity contribution >= 4 is 16.9 Å². The van der Waals surface area contributed by atoms with Gasteiger partial charge in [0.2, 0.25) is 0 Å². The van der Waals surface area contributed by atoms with Gasteiger partial charge in [0.15, 0.2) is 0 Å². The first kappa shape index (κ1) is 15.3. The predicted molar refractivity (Wildman–Crippen MR) is 89.0 cm³/mol. The summed E-state index contributed by atoms with van der Waals surface area (Å²) in [6, 6.07) is 12.0. The van der Waals surface area contributed by atoms with E-state index in [4.69, 9.17) is 4.74 Å². The Morgan fingerprint density at radius 1 is 1.17 bits per heavy atom. The first-order valence-electron chi connectivity index (χ1n) is 7.55. The maximum atomic E-state index is 13.7. The third-order valence-electron chi connectivity index (χ3n) is 4.14. The highest BCUT2D eigenvalue weighted by Crippen LogP contribution is 2.34. The minimum atomic E-state index is -0.334. The first-order valence-corrected chi connectivity index (χ1v) is 7.55. The molecule has 118 valence electrons. The van der Waals surface area contributed by atoms with Crippen molar-refractivity contribution in [2.45, 2.75) is 13.8 Å².